The van der Waals surface area contributed by atoms with Gasteiger partial charge in [-0.05, 0) is 84.4 Å². The molecule has 0 aromatic heterocycles. The molecule has 0 bridgehead atoms. The molecule has 0 fully saturated rings. The first-order valence-corrected chi connectivity index (χ1v) is 15.8. The fourth-order valence-corrected chi connectivity index (χ4v) is 6.13. The number of anilines is 2. The molecule has 1 spiro atoms. The van der Waals surface area contributed by atoms with E-state index in [4.69, 9.17) is 52.8 Å². The van der Waals surface area contributed by atoms with Crippen molar-refractivity contribution >= 4 is 52.8 Å². The minimum atomic E-state index is -1.45. The van der Waals surface area contributed by atoms with Crippen LogP contribution < -0.4 is 36.3 Å². The standard InChI is InChI=1S/C37H27ClN6O7/c38-18-19-1-12-27-26(15-19)34(47)51-37(27)28-13-10-24(48-32(45)20-2-6-22(7-3-20)43-35(39)40)16-30(28)50-31-17-25(11-14-29(31)37)49-33(46)21-4-8-23(9-5-21)44-36(41)42/h1-17H,18H2,(H4,39,40,43)(H4,41,42,44). The van der Waals surface area contributed by atoms with E-state index in [1.165, 1.54) is 36.4 Å². The van der Waals surface area contributed by atoms with E-state index >= 15 is 0 Å². The van der Waals surface area contributed by atoms with Crippen LogP contribution in [0.2, 0.25) is 0 Å². The van der Waals surface area contributed by atoms with Gasteiger partial charge in [0.15, 0.2) is 17.5 Å². The molecule has 2 aliphatic heterocycles. The molecule has 0 saturated carbocycles. The topological polar surface area (TPSA) is 212 Å². The molecular weight excluding hydrogens is 676 g/mol. The van der Waals surface area contributed by atoms with Crippen molar-refractivity contribution in [2.24, 2.45) is 11.5 Å². The van der Waals surface area contributed by atoms with Gasteiger partial charge in [-0.1, -0.05) is 12.1 Å². The summed E-state index contributed by atoms with van der Waals surface area (Å²) < 4.78 is 23.9. The number of esters is 3. The maximum Gasteiger partial charge on any atom is 0.343 e. The van der Waals surface area contributed by atoms with Gasteiger partial charge in [0, 0.05) is 46.1 Å². The summed E-state index contributed by atoms with van der Waals surface area (Å²) in [5.74, 6) is -1.40. The Hall–Kier alpha value is -6.86. The van der Waals surface area contributed by atoms with Gasteiger partial charge in [-0.15, -0.1) is 11.6 Å². The van der Waals surface area contributed by atoms with E-state index in [0.717, 1.165) is 5.56 Å². The summed E-state index contributed by atoms with van der Waals surface area (Å²) in [6, 6.07) is 27.2. The SMILES string of the molecule is N=C(N)Nc1ccc(C(=O)Oc2ccc3c(c2)Oc2cc(OC(=O)c4ccc(NC(=N)N)cc4)ccc2C32OC(=O)c3cc(CCl)ccc32)cc1. The van der Waals surface area contributed by atoms with E-state index in [9.17, 15) is 14.4 Å². The second-order valence-electron chi connectivity index (χ2n) is 11.5. The molecule has 254 valence electrons. The van der Waals surface area contributed by atoms with Crippen LogP contribution in [0.3, 0.4) is 0 Å². The average molecular weight is 703 g/mol. The zero-order valence-corrected chi connectivity index (χ0v) is 27.2. The van der Waals surface area contributed by atoms with Crippen molar-refractivity contribution in [1.29, 1.82) is 10.8 Å². The lowest BCUT2D eigenvalue weighted by atomic mass is 9.77. The molecule has 0 aliphatic carbocycles. The van der Waals surface area contributed by atoms with Gasteiger partial charge < -0.3 is 41.0 Å². The molecule has 13 nitrogen and oxygen atoms in total. The number of benzene rings is 5. The van der Waals surface area contributed by atoms with Crippen LogP contribution in [0, 0.1) is 10.8 Å². The Balaban J connectivity index is 1.24. The normalized spacial score (nSPS) is 15.0. The summed E-state index contributed by atoms with van der Waals surface area (Å²) in [4.78, 5) is 39.6. The summed E-state index contributed by atoms with van der Waals surface area (Å²) in [5.41, 5.74) is 13.4. The fourth-order valence-electron chi connectivity index (χ4n) is 5.97. The number of alkyl halides is 1. The first kappa shape index (κ1) is 32.7. The number of nitrogens with two attached hydrogens (primary N) is 2. The quantitative estimate of drug-likeness (QED) is 0.0378. The Labute approximate surface area is 295 Å². The molecular formula is C37H27ClN6O7. The van der Waals surface area contributed by atoms with Gasteiger partial charge in [-0.3, -0.25) is 10.8 Å². The molecule has 5 aromatic rings. The minimum absolute atomic E-state index is 0.149. The lowest BCUT2D eigenvalue weighted by molar-refractivity contribution is 0.0224. The number of carbonyl (C=O) groups is 3. The maximum absolute atomic E-state index is 13.4. The highest BCUT2D eigenvalue weighted by atomic mass is 35.5. The molecule has 7 rings (SSSR count). The van der Waals surface area contributed by atoms with Gasteiger partial charge in [-0.25, -0.2) is 14.4 Å². The molecule has 2 heterocycles. The number of fused-ring (bicyclic) bond motifs is 6. The van der Waals surface area contributed by atoms with E-state index in [2.05, 4.69) is 10.6 Å². The summed E-state index contributed by atoms with van der Waals surface area (Å²) in [6.07, 6.45) is 0. The third-order valence-corrected chi connectivity index (χ3v) is 8.50. The highest BCUT2D eigenvalue weighted by Crippen LogP contribution is 2.57. The van der Waals surface area contributed by atoms with E-state index in [0.29, 0.717) is 33.6 Å². The molecule has 14 heteroatoms. The number of hydrogen-bond donors (Lipinski definition) is 6. The van der Waals surface area contributed by atoms with Crippen LogP contribution in [-0.4, -0.2) is 29.8 Å². The van der Waals surface area contributed by atoms with Crippen molar-refractivity contribution in [3.05, 3.63) is 142 Å². The molecule has 0 atom stereocenters. The lowest BCUT2D eigenvalue weighted by Gasteiger charge is -2.36. The summed E-state index contributed by atoms with van der Waals surface area (Å²) in [7, 11) is 0. The molecule has 0 saturated heterocycles. The van der Waals surface area contributed by atoms with Gasteiger partial charge in [0.1, 0.15) is 23.0 Å². The Bertz CT molecular complexity index is 2150. The summed E-state index contributed by atoms with van der Waals surface area (Å²) in [6.45, 7) is 0. The van der Waals surface area contributed by atoms with Gasteiger partial charge >= 0.3 is 17.9 Å². The second-order valence-corrected chi connectivity index (χ2v) is 11.8. The van der Waals surface area contributed by atoms with Crippen molar-refractivity contribution in [3.8, 4) is 23.0 Å². The lowest BCUT2D eigenvalue weighted by Crippen LogP contribution is -2.33. The fraction of sp³-hybridized carbons (Fsp3) is 0.0541. The van der Waals surface area contributed by atoms with Crippen molar-refractivity contribution in [3.63, 3.8) is 0 Å². The largest absolute Gasteiger partial charge is 0.456 e. The molecule has 5 aromatic carbocycles. The molecule has 0 amide bonds. The third-order valence-electron chi connectivity index (χ3n) is 8.19. The molecule has 0 radical (unpaired) electrons. The smallest absolute Gasteiger partial charge is 0.343 e. The minimum Gasteiger partial charge on any atom is -0.456 e. The molecule has 8 N–H and O–H groups in total. The van der Waals surface area contributed by atoms with Crippen LogP contribution in [0.5, 0.6) is 23.0 Å². The first-order valence-electron chi connectivity index (χ1n) is 15.3. The number of hydrogen-bond acceptors (Lipinski definition) is 9. The number of ether oxygens (including phenoxy) is 4. The summed E-state index contributed by atoms with van der Waals surface area (Å²) >= 11 is 6.09. The van der Waals surface area contributed by atoms with Gasteiger partial charge in [-0.2, -0.15) is 0 Å². The van der Waals surface area contributed by atoms with Crippen molar-refractivity contribution in [2.45, 2.75) is 11.5 Å². The zero-order chi connectivity index (χ0) is 35.9. The number of nitrogens with one attached hydrogen (secondary N) is 4. The van der Waals surface area contributed by atoms with Crippen LogP contribution in [0.1, 0.15) is 53.3 Å². The predicted molar refractivity (Wildman–Crippen MR) is 188 cm³/mol. The first-order chi connectivity index (χ1) is 24.5. The van der Waals surface area contributed by atoms with Crippen LogP contribution in [0.25, 0.3) is 0 Å². The van der Waals surface area contributed by atoms with E-state index in [1.807, 2.05) is 6.07 Å². The van der Waals surface area contributed by atoms with Crippen LogP contribution in [0.4, 0.5) is 11.4 Å². The monoisotopic (exact) mass is 702 g/mol. The van der Waals surface area contributed by atoms with Gasteiger partial charge in [0.25, 0.3) is 0 Å². The zero-order valence-electron chi connectivity index (χ0n) is 26.4. The average Bonchev–Trinajstić information content (AvgIpc) is 3.39. The molecule has 0 unspecified atom stereocenters. The summed E-state index contributed by atoms with van der Waals surface area (Å²) in [5, 5.41) is 20.0. The number of rotatable bonds is 7. The van der Waals surface area contributed by atoms with E-state index in [1.54, 1.807) is 60.7 Å². The Morgan fingerprint density at radius 1 is 0.686 bits per heavy atom. The van der Waals surface area contributed by atoms with Crippen LogP contribution in [0.15, 0.2) is 103 Å². The number of carbonyl (C=O) groups excluding carboxylic acids is 3. The Morgan fingerprint density at radius 3 is 1.61 bits per heavy atom. The van der Waals surface area contributed by atoms with E-state index in [-0.39, 0.29) is 51.9 Å². The number of halogens is 1. The molecule has 2 aliphatic rings. The highest BCUT2D eigenvalue weighted by molar-refractivity contribution is 6.17. The Kier molecular flexibility index (Phi) is 8.25. The van der Waals surface area contributed by atoms with Crippen LogP contribution >= 0.6 is 11.6 Å². The highest BCUT2D eigenvalue weighted by Gasteiger charge is 2.53. The van der Waals surface area contributed by atoms with Crippen molar-refractivity contribution in [1.82, 2.24) is 0 Å². The molecule has 51 heavy (non-hydrogen) atoms. The van der Waals surface area contributed by atoms with E-state index < -0.39 is 23.5 Å². The Morgan fingerprint density at radius 2 is 1.16 bits per heavy atom. The third kappa shape index (κ3) is 6.13. The van der Waals surface area contributed by atoms with Crippen molar-refractivity contribution in [2.75, 3.05) is 10.6 Å². The van der Waals surface area contributed by atoms with Gasteiger partial charge in [0.05, 0.1) is 16.7 Å². The van der Waals surface area contributed by atoms with Crippen LogP contribution in [-0.2, 0) is 16.2 Å². The number of guanidine groups is 2. The second kappa shape index (κ2) is 12.9. The van der Waals surface area contributed by atoms with Gasteiger partial charge in [0.2, 0.25) is 0 Å². The predicted octanol–water partition coefficient (Wildman–Crippen LogP) is 6.04. The van der Waals surface area contributed by atoms with Crippen molar-refractivity contribution < 1.29 is 33.3 Å². The maximum atomic E-state index is 13.4.